The maximum absolute atomic E-state index is 11.4. The monoisotopic (exact) mass is 268 g/mol. The molecule has 0 saturated carbocycles. The smallest absolute Gasteiger partial charge is 0.379 e. The van der Waals surface area contributed by atoms with Crippen LogP contribution in [0.25, 0.3) is 0 Å². The van der Waals surface area contributed by atoms with Gasteiger partial charge in [-0.1, -0.05) is 34.1 Å². The van der Waals surface area contributed by atoms with Crippen molar-refractivity contribution in [1.82, 2.24) is 0 Å². The lowest BCUT2D eigenvalue weighted by Gasteiger charge is -2.20. The second kappa shape index (κ2) is 8.22. The molecule has 0 aromatic rings. The molecule has 0 bridgehead atoms. The molecule has 0 spiro atoms. The van der Waals surface area contributed by atoms with Crippen molar-refractivity contribution in [2.45, 2.75) is 40.5 Å². The Kier molecular flexibility index (Phi) is 8.25. The van der Waals surface area contributed by atoms with E-state index >= 15 is 0 Å². The van der Waals surface area contributed by atoms with Crippen LogP contribution in [0.5, 0.6) is 0 Å². The van der Waals surface area contributed by atoms with Crippen LogP contribution < -0.4 is 0 Å². The van der Waals surface area contributed by atoms with Crippen molar-refractivity contribution in [3.63, 3.8) is 0 Å². The highest BCUT2D eigenvalue weighted by Crippen LogP contribution is 2.44. The van der Waals surface area contributed by atoms with E-state index in [4.69, 9.17) is 13.8 Å². The van der Waals surface area contributed by atoms with Crippen LogP contribution in [0.15, 0.2) is 0 Å². The second-order valence-electron chi connectivity index (χ2n) is 5.10. The number of phosphoric ester groups is 1. The molecule has 0 amide bonds. The Labute approximate surface area is 104 Å². The van der Waals surface area contributed by atoms with Gasteiger partial charge < -0.3 is 9.63 Å². The van der Waals surface area contributed by atoms with Gasteiger partial charge in [0.05, 0.1) is 19.8 Å². The molecule has 0 rings (SSSR count). The Morgan fingerprint density at radius 1 is 1.12 bits per heavy atom. The molecular formula is C11H25O5P. The highest BCUT2D eigenvalue weighted by molar-refractivity contribution is 7.47. The van der Waals surface area contributed by atoms with Crippen molar-refractivity contribution in [2.24, 2.45) is 5.41 Å². The van der Waals surface area contributed by atoms with E-state index in [9.17, 15) is 9.46 Å². The lowest BCUT2D eigenvalue weighted by Crippen LogP contribution is -2.14. The zero-order chi connectivity index (χ0) is 13.4. The Balaban J connectivity index is 3.61. The topological polar surface area (TPSA) is 65.0 Å². The average molecular weight is 268 g/mol. The molecule has 0 aromatic heterocycles. The summed E-state index contributed by atoms with van der Waals surface area (Å²) in [7, 11) is -3.92. The van der Waals surface area contributed by atoms with E-state index in [1.807, 2.05) is 20.8 Å². The standard InChI is InChI=1S/C11H25O5P/c1-5-6-7-14-8-9-15-17(12,13)16-10-11(2,3)4/h5-10H2,1-4H3,(H,12,13). The summed E-state index contributed by atoms with van der Waals surface area (Å²) in [5.74, 6) is 0. The molecule has 0 aromatic carbocycles. The maximum atomic E-state index is 11.4. The van der Waals surface area contributed by atoms with Crippen LogP contribution in [0, 0.1) is 5.41 Å². The highest BCUT2D eigenvalue weighted by atomic mass is 31.2. The lowest BCUT2D eigenvalue weighted by atomic mass is 9.99. The average Bonchev–Trinajstić information content (AvgIpc) is 2.20. The fourth-order valence-corrected chi connectivity index (χ4v) is 1.80. The van der Waals surface area contributed by atoms with Gasteiger partial charge in [0, 0.05) is 6.61 Å². The van der Waals surface area contributed by atoms with Crippen LogP contribution in [0.3, 0.4) is 0 Å². The van der Waals surface area contributed by atoms with Gasteiger partial charge in [0.1, 0.15) is 0 Å². The third-order valence-corrected chi connectivity index (χ3v) is 2.75. The maximum Gasteiger partial charge on any atom is 0.472 e. The summed E-state index contributed by atoms with van der Waals surface area (Å²) >= 11 is 0. The Morgan fingerprint density at radius 3 is 2.29 bits per heavy atom. The summed E-state index contributed by atoms with van der Waals surface area (Å²) in [5.41, 5.74) is -0.167. The zero-order valence-corrected chi connectivity index (χ0v) is 12.2. The number of phosphoric acid groups is 1. The number of hydrogen-bond donors (Lipinski definition) is 1. The van der Waals surface area contributed by atoms with Crippen LogP contribution in [0.1, 0.15) is 40.5 Å². The van der Waals surface area contributed by atoms with Gasteiger partial charge in [0.25, 0.3) is 0 Å². The summed E-state index contributed by atoms with van der Waals surface area (Å²) in [6, 6.07) is 0. The molecule has 104 valence electrons. The van der Waals surface area contributed by atoms with E-state index in [0.717, 1.165) is 12.8 Å². The molecule has 0 aliphatic rings. The van der Waals surface area contributed by atoms with Crippen molar-refractivity contribution in [3.8, 4) is 0 Å². The summed E-state index contributed by atoms with van der Waals surface area (Å²) in [6.45, 7) is 9.03. The Morgan fingerprint density at radius 2 is 1.76 bits per heavy atom. The molecule has 0 saturated heterocycles. The zero-order valence-electron chi connectivity index (χ0n) is 11.3. The SMILES string of the molecule is CCCCOCCOP(=O)(O)OCC(C)(C)C. The normalized spacial score (nSPS) is 15.8. The van der Waals surface area contributed by atoms with Gasteiger partial charge in [-0.25, -0.2) is 4.57 Å². The van der Waals surface area contributed by atoms with Crippen molar-refractivity contribution in [3.05, 3.63) is 0 Å². The van der Waals surface area contributed by atoms with Gasteiger partial charge >= 0.3 is 7.82 Å². The van der Waals surface area contributed by atoms with E-state index in [1.165, 1.54) is 0 Å². The molecular weight excluding hydrogens is 243 g/mol. The largest absolute Gasteiger partial charge is 0.472 e. The van der Waals surface area contributed by atoms with E-state index in [2.05, 4.69) is 6.92 Å². The molecule has 6 heteroatoms. The summed E-state index contributed by atoms with van der Waals surface area (Å²) < 4.78 is 26.2. The van der Waals surface area contributed by atoms with Gasteiger partial charge in [-0.2, -0.15) is 0 Å². The highest BCUT2D eigenvalue weighted by Gasteiger charge is 2.24. The minimum absolute atomic E-state index is 0.0711. The van der Waals surface area contributed by atoms with Crippen LogP contribution in [-0.2, 0) is 18.3 Å². The van der Waals surface area contributed by atoms with E-state index in [-0.39, 0.29) is 18.6 Å². The molecule has 0 radical (unpaired) electrons. The fourth-order valence-electron chi connectivity index (χ4n) is 0.873. The van der Waals surface area contributed by atoms with E-state index in [1.54, 1.807) is 0 Å². The Hall–Kier alpha value is 0.0700. The minimum atomic E-state index is -3.92. The predicted molar refractivity (Wildman–Crippen MR) is 66.9 cm³/mol. The van der Waals surface area contributed by atoms with Crippen molar-refractivity contribution >= 4 is 7.82 Å². The summed E-state index contributed by atoms with van der Waals surface area (Å²) in [5, 5.41) is 0. The molecule has 0 aliphatic heterocycles. The molecule has 0 heterocycles. The number of rotatable bonds is 9. The first kappa shape index (κ1) is 17.1. The minimum Gasteiger partial charge on any atom is -0.379 e. The van der Waals surface area contributed by atoms with Gasteiger partial charge in [-0.15, -0.1) is 0 Å². The van der Waals surface area contributed by atoms with E-state index in [0.29, 0.717) is 13.2 Å². The van der Waals surface area contributed by atoms with Crippen LogP contribution in [0.4, 0.5) is 0 Å². The number of ether oxygens (including phenoxy) is 1. The van der Waals surface area contributed by atoms with Crippen LogP contribution in [-0.4, -0.2) is 31.3 Å². The van der Waals surface area contributed by atoms with Crippen molar-refractivity contribution < 1.29 is 23.2 Å². The molecule has 0 aliphatic carbocycles. The molecule has 0 fully saturated rings. The molecule has 1 N–H and O–H groups in total. The van der Waals surface area contributed by atoms with Crippen LogP contribution in [0.2, 0.25) is 0 Å². The third-order valence-electron chi connectivity index (χ3n) is 1.79. The third kappa shape index (κ3) is 12.3. The first-order chi connectivity index (χ1) is 7.77. The first-order valence-corrected chi connectivity index (χ1v) is 7.46. The quantitative estimate of drug-likeness (QED) is 0.514. The van der Waals surface area contributed by atoms with E-state index < -0.39 is 7.82 Å². The lowest BCUT2D eigenvalue weighted by molar-refractivity contribution is 0.0661. The van der Waals surface area contributed by atoms with Gasteiger partial charge in [0.15, 0.2) is 0 Å². The molecule has 1 atom stereocenters. The number of unbranched alkanes of at least 4 members (excludes halogenated alkanes) is 1. The number of hydrogen-bond acceptors (Lipinski definition) is 4. The fraction of sp³-hybridized carbons (Fsp3) is 1.00. The molecule has 17 heavy (non-hydrogen) atoms. The molecule has 5 nitrogen and oxygen atoms in total. The summed E-state index contributed by atoms with van der Waals surface area (Å²) in [4.78, 5) is 9.34. The second-order valence-corrected chi connectivity index (χ2v) is 6.56. The van der Waals surface area contributed by atoms with Crippen molar-refractivity contribution in [2.75, 3.05) is 26.4 Å². The van der Waals surface area contributed by atoms with Gasteiger partial charge in [-0.3, -0.25) is 9.05 Å². The van der Waals surface area contributed by atoms with Gasteiger partial charge in [0.2, 0.25) is 0 Å². The van der Waals surface area contributed by atoms with Crippen LogP contribution >= 0.6 is 7.82 Å². The van der Waals surface area contributed by atoms with Crippen molar-refractivity contribution in [1.29, 1.82) is 0 Å². The molecule has 1 unspecified atom stereocenters. The predicted octanol–water partition coefficient (Wildman–Crippen LogP) is 2.98. The summed E-state index contributed by atoms with van der Waals surface area (Å²) in [6.07, 6.45) is 2.05. The Bertz CT molecular complexity index is 237. The first-order valence-electron chi connectivity index (χ1n) is 5.96. The van der Waals surface area contributed by atoms with Gasteiger partial charge in [-0.05, 0) is 11.8 Å².